The molecule has 2 rings (SSSR count). The molecule has 110 valence electrons. The molecule has 0 aromatic heterocycles. The highest BCUT2D eigenvalue weighted by atomic mass is 35.5. The van der Waals surface area contributed by atoms with Crippen molar-refractivity contribution in [1.82, 2.24) is 4.90 Å². The second kappa shape index (κ2) is 6.45. The summed E-state index contributed by atoms with van der Waals surface area (Å²) in [5.41, 5.74) is 0.612. The van der Waals surface area contributed by atoms with Crippen LogP contribution in [0.15, 0.2) is 42.5 Å². The maximum absolute atomic E-state index is 13.6. The first-order valence-corrected chi connectivity index (χ1v) is 6.55. The van der Waals surface area contributed by atoms with E-state index < -0.39 is 5.82 Å². The van der Waals surface area contributed by atoms with Gasteiger partial charge in [-0.2, -0.15) is 0 Å². The Morgan fingerprint density at radius 3 is 2.43 bits per heavy atom. The SMILES string of the molecule is CN(C)C(=O)Nc1ccc(Oc2c(F)cccc2Cl)cc1. The van der Waals surface area contributed by atoms with Gasteiger partial charge in [0.15, 0.2) is 11.6 Å². The Morgan fingerprint density at radius 2 is 1.86 bits per heavy atom. The van der Waals surface area contributed by atoms with Crippen LogP contribution in [-0.2, 0) is 0 Å². The van der Waals surface area contributed by atoms with Crippen molar-refractivity contribution in [2.24, 2.45) is 0 Å². The summed E-state index contributed by atoms with van der Waals surface area (Å²) in [5, 5.41) is 2.88. The number of carbonyl (C=O) groups is 1. The number of hydrogen-bond donors (Lipinski definition) is 1. The van der Waals surface area contributed by atoms with E-state index >= 15 is 0 Å². The van der Waals surface area contributed by atoms with E-state index in [9.17, 15) is 9.18 Å². The van der Waals surface area contributed by atoms with Crippen molar-refractivity contribution in [2.45, 2.75) is 0 Å². The monoisotopic (exact) mass is 308 g/mol. The van der Waals surface area contributed by atoms with E-state index in [0.29, 0.717) is 11.4 Å². The highest BCUT2D eigenvalue weighted by Gasteiger charge is 2.09. The van der Waals surface area contributed by atoms with Gasteiger partial charge in [-0.05, 0) is 36.4 Å². The minimum Gasteiger partial charge on any atom is -0.453 e. The van der Waals surface area contributed by atoms with E-state index in [4.69, 9.17) is 16.3 Å². The van der Waals surface area contributed by atoms with Crippen molar-refractivity contribution in [3.05, 3.63) is 53.3 Å². The Kier molecular flexibility index (Phi) is 4.65. The number of ether oxygens (including phenoxy) is 1. The van der Waals surface area contributed by atoms with E-state index in [-0.39, 0.29) is 16.8 Å². The van der Waals surface area contributed by atoms with Gasteiger partial charge in [0.05, 0.1) is 5.02 Å². The lowest BCUT2D eigenvalue weighted by molar-refractivity contribution is 0.230. The number of amides is 2. The number of nitrogens with zero attached hydrogens (tertiary/aromatic N) is 1. The molecule has 0 bridgehead atoms. The van der Waals surface area contributed by atoms with Gasteiger partial charge < -0.3 is 15.0 Å². The lowest BCUT2D eigenvalue weighted by Crippen LogP contribution is -2.27. The molecule has 2 aromatic carbocycles. The number of urea groups is 1. The molecule has 0 radical (unpaired) electrons. The van der Waals surface area contributed by atoms with Crippen LogP contribution in [0.1, 0.15) is 0 Å². The fraction of sp³-hybridized carbons (Fsp3) is 0.133. The van der Waals surface area contributed by atoms with E-state index in [2.05, 4.69) is 5.32 Å². The van der Waals surface area contributed by atoms with Gasteiger partial charge in [-0.1, -0.05) is 17.7 Å². The van der Waals surface area contributed by atoms with Gasteiger partial charge in [-0.15, -0.1) is 0 Å². The maximum atomic E-state index is 13.6. The predicted octanol–water partition coefficient (Wildman–Crippen LogP) is 4.36. The Labute approximate surface area is 127 Å². The second-order valence-electron chi connectivity index (χ2n) is 4.50. The van der Waals surface area contributed by atoms with Crippen LogP contribution in [-0.4, -0.2) is 25.0 Å². The maximum Gasteiger partial charge on any atom is 0.321 e. The lowest BCUT2D eigenvalue weighted by atomic mass is 10.3. The quantitative estimate of drug-likeness (QED) is 0.915. The zero-order valence-electron chi connectivity index (χ0n) is 11.6. The number of hydrogen-bond acceptors (Lipinski definition) is 2. The molecule has 0 aliphatic rings. The molecule has 0 aliphatic heterocycles. The molecule has 0 saturated heterocycles. The summed E-state index contributed by atoms with van der Waals surface area (Å²) in [7, 11) is 3.29. The minimum atomic E-state index is -0.535. The van der Waals surface area contributed by atoms with Crippen molar-refractivity contribution in [2.75, 3.05) is 19.4 Å². The fourth-order valence-electron chi connectivity index (χ4n) is 1.54. The Bertz CT molecular complexity index is 624. The molecule has 1 N–H and O–H groups in total. The van der Waals surface area contributed by atoms with E-state index in [1.807, 2.05) is 0 Å². The van der Waals surface area contributed by atoms with Gasteiger partial charge in [0, 0.05) is 19.8 Å². The number of para-hydroxylation sites is 1. The molecule has 2 amide bonds. The second-order valence-corrected chi connectivity index (χ2v) is 4.91. The van der Waals surface area contributed by atoms with Crippen LogP contribution in [0.3, 0.4) is 0 Å². The Hall–Kier alpha value is -2.27. The Balaban J connectivity index is 2.11. The van der Waals surface area contributed by atoms with Crippen molar-refractivity contribution in [3.8, 4) is 11.5 Å². The van der Waals surface area contributed by atoms with Crippen molar-refractivity contribution >= 4 is 23.3 Å². The highest BCUT2D eigenvalue weighted by molar-refractivity contribution is 6.32. The van der Waals surface area contributed by atoms with Crippen molar-refractivity contribution in [1.29, 1.82) is 0 Å². The summed E-state index contributed by atoms with van der Waals surface area (Å²) in [4.78, 5) is 12.9. The van der Waals surface area contributed by atoms with Crippen LogP contribution in [0.25, 0.3) is 0 Å². The molecule has 6 heteroatoms. The zero-order valence-corrected chi connectivity index (χ0v) is 12.3. The van der Waals surface area contributed by atoms with Crippen LogP contribution < -0.4 is 10.1 Å². The predicted molar refractivity (Wildman–Crippen MR) is 80.6 cm³/mol. The summed E-state index contributed by atoms with van der Waals surface area (Å²) < 4.78 is 19.0. The van der Waals surface area contributed by atoms with Gasteiger partial charge >= 0.3 is 6.03 Å². The van der Waals surface area contributed by atoms with Gasteiger partial charge in [0.1, 0.15) is 5.75 Å². The van der Waals surface area contributed by atoms with Crippen LogP contribution in [0.4, 0.5) is 14.9 Å². The minimum absolute atomic E-state index is 0.0238. The molecule has 0 atom stereocenters. The van der Waals surface area contributed by atoms with E-state index in [1.165, 1.54) is 17.0 Å². The molecule has 0 unspecified atom stereocenters. The standard InChI is InChI=1S/C15H14ClFN2O2/c1-19(2)15(20)18-10-6-8-11(9-7-10)21-14-12(16)4-3-5-13(14)17/h3-9H,1-2H3,(H,18,20). The van der Waals surface area contributed by atoms with Crippen LogP contribution in [0, 0.1) is 5.82 Å². The molecule has 0 fully saturated rings. The average molecular weight is 309 g/mol. The molecular weight excluding hydrogens is 295 g/mol. The summed E-state index contributed by atoms with van der Waals surface area (Å²) in [6.45, 7) is 0. The molecule has 2 aromatic rings. The molecule has 0 saturated carbocycles. The molecule has 21 heavy (non-hydrogen) atoms. The fourth-order valence-corrected chi connectivity index (χ4v) is 1.74. The van der Waals surface area contributed by atoms with Crippen molar-refractivity contribution < 1.29 is 13.9 Å². The summed E-state index contributed by atoms with van der Waals surface area (Å²) in [6.07, 6.45) is 0. The van der Waals surface area contributed by atoms with Crippen LogP contribution in [0.2, 0.25) is 5.02 Å². The Morgan fingerprint density at radius 1 is 1.19 bits per heavy atom. The van der Waals surface area contributed by atoms with Gasteiger partial charge in [-0.3, -0.25) is 0 Å². The number of rotatable bonds is 3. The topological polar surface area (TPSA) is 41.6 Å². The molecular formula is C15H14ClFN2O2. The summed E-state index contributed by atoms with van der Waals surface area (Å²) in [6, 6.07) is 10.6. The number of benzene rings is 2. The normalized spacial score (nSPS) is 10.1. The third-order valence-corrected chi connectivity index (χ3v) is 2.95. The van der Waals surface area contributed by atoms with E-state index in [1.54, 1.807) is 44.4 Å². The van der Waals surface area contributed by atoms with Crippen LogP contribution >= 0.6 is 11.6 Å². The number of nitrogens with one attached hydrogen (secondary N) is 1. The highest BCUT2D eigenvalue weighted by Crippen LogP contribution is 2.32. The van der Waals surface area contributed by atoms with Gasteiger partial charge in [-0.25, -0.2) is 9.18 Å². The molecule has 0 heterocycles. The third kappa shape index (κ3) is 3.86. The molecule has 0 spiro atoms. The first kappa shape index (κ1) is 15.1. The van der Waals surface area contributed by atoms with Gasteiger partial charge in [0.25, 0.3) is 0 Å². The summed E-state index contributed by atoms with van der Waals surface area (Å²) in [5.74, 6) is -0.137. The smallest absolute Gasteiger partial charge is 0.321 e. The zero-order chi connectivity index (χ0) is 15.4. The van der Waals surface area contributed by atoms with Crippen LogP contribution in [0.5, 0.6) is 11.5 Å². The van der Waals surface area contributed by atoms with Crippen molar-refractivity contribution in [3.63, 3.8) is 0 Å². The third-order valence-electron chi connectivity index (χ3n) is 2.65. The largest absolute Gasteiger partial charge is 0.453 e. The first-order chi connectivity index (χ1) is 9.97. The van der Waals surface area contributed by atoms with Gasteiger partial charge in [0.2, 0.25) is 0 Å². The van der Waals surface area contributed by atoms with E-state index in [0.717, 1.165) is 0 Å². The summed E-state index contributed by atoms with van der Waals surface area (Å²) >= 11 is 5.89. The molecule has 0 aliphatic carbocycles. The number of halogens is 2. The number of anilines is 1. The molecule has 4 nitrogen and oxygen atoms in total. The average Bonchev–Trinajstić information content (AvgIpc) is 2.44. The lowest BCUT2D eigenvalue weighted by Gasteiger charge is -2.13. The number of carbonyl (C=O) groups excluding carboxylic acids is 1. The first-order valence-electron chi connectivity index (χ1n) is 6.17.